The minimum absolute atomic E-state index is 0.0188. The number of benzene rings is 2. The van der Waals surface area contributed by atoms with Crippen LogP contribution in [0.2, 0.25) is 5.02 Å². The number of amides is 1. The third-order valence-corrected chi connectivity index (χ3v) is 5.50. The molecule has 1 aliphatic heterocycles. The van der Waals surface area contributed by atoms with E-state index >= 15 is 0 Å². The van der Waals surface area contributed by atoms with E-state index in [9.17, 15) is 19.1 Å². The van der Waals surface area contributed by atoms with Crippen LogP contribution >= 0.6 is 11.6 Å². The van der Waals surface area contributed by atoms with Crippen molar-refractivity contribution in [1.82, 2.24) is 10.2 Å². The van der Waals surface area contributed by atoms with Crippen molar-refractivity contribution in [3.05, 3.63) is 59.0 Å². The van der Waals surface area contributed by atoms with Crippen molar-refractivity contribution in [3.8, 4) is 0 Å². The average molecular weight is 416 g/mol. The molecule has 0 saturated carbocycles. The van der Waals surface area contributed by atoms with Crippen LogP contribution in [0.4, 0.5) is 10.1 Å². The van der Waals surface area contributed by atoms with Gasteiger partial charge in [0.25, 0.3) is 5.91 Å². The number of aromatic nitrogens is 2. The van der Waals surface area contributed by atoms with Gasteiger partial charge in [-0.05, 0) is 54.8 Å². The first-order valence-corrected chi connectivity index (χ1v) is 9.70. The monoisotopic (exact) mass is 415 g/mol. The van der Waals surface area contributed by atoms with Gasteiger partial charge >= 0.3 is 0 Å². The Morgan fingerprint density at radius 2 is 2.14 bits per heavy atom. The molecule has 1 amide bonds. The van der Waals surface area contributed by atoms with Crippen molar-refractivity contribution >= 4 is 39.9 Å². The van der Waals surface area contributed by atoms with Gasteiger partial charge in [-0.15, -0.1) is 0 Å². The zero-order valence-electron chi connectivity index (χ0n) is 15.5. The minimum Gasteiger partial charge on any atom is -0.373 e. The summed E-state index contributed by atoms with van der Waals surface area (Å²) in [7, 11) is 0. The van der Waals surface area contributed by atoms with E-state index in [1.807, 2.05) is 0 Å². The van der Waals surface area contributed by atoms with Crippen LogP contribution < -0.4 is 4.90 Å². The first-order valence-electron chi connectivity index (χ1n) is 9.32. The Morgan fingerprint density at radius 3 is 2.93 bits per heavy atom. The SMILES string of the molecule is O=C(CCCc1cc(F)cc(Cl)c1)[C@@]1(O)CCN(c2ccc3[nH]ncc3c2)C1=O. The van der Waals surface area contributed by atoms with Gasteiger partial charge in [0.15, 0.2) is 5.78 Å². The number of aliphatic hydroxyl groups is 1. The highest BCUT2D eigenvalue weighted by molar-refractivity contribution is 6.30. The number of hydrogen-bond donors (Lipinski definition) is 2. The number of H-pyrrole nitrogens is 1. The molecular weight excluding hydrogens is 397 g/mol. The fourth-order valence-electron chi connectivity index (χ4n) is 3.72. The Labute approximate surface area is 171 Å². The summed E-state index contributed by atoms with van der Waals surface area (Å²) in [4.78, 5) is 26.9. The predicted octanol–water partition coefficient (Wildman–Crippen LogP) is 3.42. The van der Waals surface area contributed by atoms with Crippen molar-refractivity contribution in [1.29, 1.82) is 0 Å². The van der Waals surface area contributed by atoms with Gasteiger partial charge in [-0.2, -0.15) is 5.10 Å². The quantitative estimate of drug-likeness (QED) is 0.604. The number of carbonyl (C=O) groups is 2. The molecule has 2 N–H and O–H groups in total. The summed E-state index contributed by atoms with van der Waals surface area (Å²) < 4.78 is 13.4. The molecular formula is C21H19ClFN3O3. The van der Waals surface area contributed by atoms with Crippen molar-refractivity contribution < 1.29 is 19.1 Å². The molecule has 1 aliphatic rings. The smallest absolute Gasteiger partial charge is 0.266 e. The van der Waals surface area contributed by atoms with Gasteiger partial charge in [-0.3, -0.25) is 14.7 Å². The maximum Gasteiger partial charge on any atom is 0.266 e. The molecule has 6 nitrogen and oxygen atoms in total. The second kappa shape index (κ2) is 7.57. The molecule has 0 radical (unpaired) electrons. The van der Waals surface area contributed by atoms with Gasteiger partial charge in [0, 0.05) is 35.5 Å². The summed E-state index contributed by atoms with van der Waals surface area (Å²) in [5.74, 6) is -1.57. The number of Topliss-reactive ketones (excluding diaryl/α,β-unsaturated/α-hetero) is 1. The summed E-state index contributed by atoms with van der Waals surface area (Å²) in [5.41, 5.74) is 0.0964. The molecule has 0 spiro atoms. The minimum atomic E-state index is -2.02. The summed E-state index contributed by atoms with van der Waals surface area (Å²) in [6.45, 7) is 0.254. The lowest BCUT2D eigenvalue weighted by Crippen LogP contribution is -2.46. The highest BCUT2D eigenvalue weighted by atomic mass is 35.5. The van der Waals surface area contributed by atoms with E-state index in [2.05, 4.69) is 10.2 Å². The Kier molecular flexibility index (Phi) is 5.10. The number of carbonyl (C=O) groups excluding carboxylic acids is 2. The number of rotatable bonds is 6. The lowest BCUT2D eigenvalue weighted by atomic mass is 9.92. The van der Waals surface area contributed by atoms with E-state index in [-0.39, 0.29) is 19.4 Å². The first kappa shape index (κ1) is 19.5. The fraction of sp³-hybridized carbons (Fsp3) is 0.286. The highest BCUT2D eigenvalue weighted by Crippen LogP contribution is 2.31. The van der Waals surface area contributed by atoms with Gasteiger partial charge in [0.1, 0.15) is 5.82 Å². The molecule has 2 aromatic carbocycles. The van der Waals surface area contributed by atoms with Crippen molar-refractivity contribution in [2.24, 2.45) is 0 Å². The number of aromatic amines is 1. The molecule has 4 rings (SSSR count). The topological polar surface area (TPSA) is 86.3 Å². The standard InChI is InChI=1S/C21H19ClFN3O3/c22-15-8-13(9-16(23)11-15)2-1-3-19(27)21(29)6-7-26(20(21)28)17-4-5-18-14(10-17)12-24-25-18/h4-5,8-12,29H,1-3,6-7H2,(H,24,25)/t21-/m0/s1. The van der Waals surface area contributed by atoms with E-state index in [4.69, 9.17) is 11.6 Å². The lowest BCUT2D eigenvalue weighted by Gasteiger charge is -2.21. The zero-order valence-corrected chi connectivity index (χ0v) is 16.2. The molecule has 0 aliphatic carbocycles. The normalized spacial score (nSPS) is 19.3. The molecule has 1 fully saturated rings. The molecule has 1 aromatic heterocycles. The molecule has 150 valence electrons. The van der Waals surface area contributed by atoms with Crippen molar-refractivity contribution in [3.63, 3.8) is 0 Å². The van der Waals surface area contributed by atoms with Gasteiger partial charge in [-0.1, -0.05) is 11.6 Å². The number of nitrogens with zero attached hydrogens (tertiary/aromatic N) is 2. The number of halogens is 2. The summed E-state index contributed by atoms with van der Waals surface area (Å²) in [6, 6.07) is 9.56. The second-order valence-corrected chi connectivity index (χ2v) is 7.70. The van der Waals surface area contributed by atoms with E-state index in [1.165, 1.54) is 17.0 Å². The van der Waals surface area contributed by atoms with Crippen LogP contribution in [-0.4, -0.2) is 39.1 Å². The largest absolute Gasteiger partial charge is 0.373 e. The van der Waals surface area contributed by atoms with Gasteiger partial charge in [-0.25, -0.2) is 4.39 Å². The van der Waals surface area contributed by atoms with Crippen LogP contribution in [0, 0.1) is 5.82 Å². The molecule has 0 unspecified atom stereocenters. The first-order chi connectivity index (χ1) is 13.9. The number of fused-ring (bicyclic) bond motifs is 1. The third-order valence-electron chi connectivity index (χ3n) is 5.28. The predicted molar refractivity (Wildman–Crippen MR) is 107 cm³/mol. The van der Waals surface area contributed by atoms with Crippen molar-refractivity contribution in [2.45, 2.75) is 31.3 Å². The molecule has 1 atom stereocenters. The molecule has 2 heterocycles. The second-order valence-electron chi connectivity index (χ2n) is 7.26. The molecule has 3 aromatic rings. The highest BCUT2D eigenvalue weighted by Gasteiger charge is 2.50. The van der Waals surface area contributed by atoms with Crippen LogP contribution in [0.3, 0.4) is 0 Å². The third kappa shape index (κ3) is 3.75. The maximum absolute atomic E-state index is 13.4. The average Bonchev–Trinajstić information content (AvgIpc) is 3.26. The number of aryl methyl sites for hydroxylation is 1. The number of ketones is 1. The van der Waals surface area contributed by atoms with Crippen LogP contribution in [0.1, 0.15) is 24.8 Å². The van der Waals surface area contributed by atoms with Crippen molar-refractivity contribution in [2.75, 3.05) is 11.4 Å². The van der Waals surface area contributed by atoms with Gasteiger partial charge < -0.3 is 10.0 Å². The van der Waals surface area contributed by atoms with Gasteiger partial charge in [0.05, 0.1) is 11.7 Å². The Balaban J connectivity index is 1.42. The van der Waals surface area contributed by atoms with Crippen LogP contribution in [0.25, 0.3) is 10.9 Å². The van der Waals surface area contributed by atoms with E-state index in [0.29, 0.717) is 29.1 Å². The Morgan fingerprint density at radius 1 is 1.31 bits per heavy atom. The summed E-state index contributed by atoms with van der Waals surface area (Å²) in [6.07, 6.45) is 2.52. The molecule has 29 heavy (non-hydrogen) atoms. The Bertz CT molecular complexity index is 1080. The van der Waals surface area contributed by atoms with E-state index in [0.717, 1.165) is 10.9 Å². The molecule has 8 heteroatoms. The van der Waals surface area contributed by atoms with Crippen LogP contribution in [-0.2, 0) is 16.0 Å². The number of anilines is 1. The summed E-state index contributed by atoms with van der Waals surface area (Å²) in [5, 5.41) is 18.7. The summed E-state index contributed by atoms with van der Waals surface area (Å²) >= 11 is 5.84. The van der Waals surface area contributed by atoms with Crippen LogP contribution in [0.15, 0.2) is 42.6 Å². The fourth-order valence-corrected chi connectivity index (χ4v) is 3.97. The number of hydrogen-bond acceptors (Lipinski definition) is 4. The van der Waals surface area contributed by atoms with E-state index < -0.39 is 23.1 Å². The number of nitrogens with one attached hydrogen (secondary N) is 1. The molecule has 1 saturated heterocycles. The lowest BCUT2D eigenvalue weighted by molar-refractivity contribution is -0.147. The zero-order chi connectivity index (χ0) is 20.6. The van der Waals surface area contributed by atoms with E-state index in [1.54, 1.807) is 30.5 Å². The Hall–Kier alpha value is -2.77. The molecule has 0 bridgehead atoms. The van der Waals surface area contributed by atoms with Crippen LogP contribution in [0.5, 0.6) is 0 Å². The van der Waals surface area contributed by atoms with Gasteiger partial charge in [0.2, 0.25) is 5.60 Å². The maximum atomic E-state index is 13.4.